The molecule has 0 saturated carbocycles. The minimum absolute atomic E-state index is 0.0131. The van der Waals surface area contributed by atoms with Crippen molar-refractivity contribution in [1.29, 1.82) is 0 Å². The molecule has 102 valence electrons. The van der Waals surface area contributed by atoms with Crippen LogP contribution in [0, 0.1) is 6.92 Å². The molecule has 3 nitrogen and oxygen atoms in total. The van der Waals surface area contributed by atoms with E-state index in [1.807, 2.05) is 0 Å². The Balaban J connectivity index is 1.99. The molecule has 0 aliphatic carbocycles. The highest BCUT2D eigenvalue weighted by Crippen LogP contribution is 2.30. The first-order valence-electron chi connectivity index (χ1n) is 6.75. The van der Waals surface area contributed by atoms with Crippen LogP contribution in [0.5, 0.6) is 0 Å². The first-order chi connectivity index (χ1) is 8.72. The smallest absolute Gasteiger partial charge is 0.107 e. The van der Waals surface area contributed by atoms with E-state index < -0.39 is 0 Å². The molecule has 18 heavy (non-hydrogen) atoms. The summed E-state index contributed by atoms with van der Waals surface area (Å²) in [6, 6.07) is 2.19. The van der Waals surface area contributed by atoms with Gasteiger partial charge >= 0.3 is 0 Å². The quantitative estimate of drug-likeness (QED) is 0.863. The molecule has 0 spiro atoms. The molecule has 1 aromatic rings. The maximum Gasteiger partial charge on any atom is 0.107 e. The number of aryl methyl sites for hydroxylation is 1. The fraction of sp³-hybridized carbons (Fsp3) is 0.714. The lowest BCUT2D eigenvalue weighted by atomic mass is 10.1. The Hall–Kier alpha value is -0.420. The SMILES string of the molecule is CCC(N)C(OCC1CCCO1)c1sccc1C. The number of nitrogens with two attached hydrogens (primary N) is 1. The van der Waals surface area contributed by atoms with Crippen molar-refractivity contribution in [1.82, 2.24) is 0 Å². The van der Waals surface area contributed by atoms with Crippen LogP contribution in [0.4, 0.5) is 0 Å². The summed E-state index contributed by atoms with van der Waals surface area (Å²) in [5.41, 5.74) is 7.48. The fourth-order valence-corrected chi connectivity index (χ4v) is 3.32. The zero-order valence-corrected chi connectivity index (χ0v) is 12.0. The summed E-state index contributed by atoms with van der Waals surface area (Å²) in [6.45, 7) is 5.76. The third-order valence-corrected chi connectivity index (χ3v) is 4.59. The summed E-state index contributed by atoms with van der Waals surface area (Å²) in [7, 11) is 0. The summed E-state index contributed by atoms with van der Waals surface area (Å²) in [5, 5.41) is 2.11. The second-order valence-corrected chi connectivity index (χ2v) is 5.88. The average Bonchev–Trinajstić information content (AvgIpc) is 3.01. The first-order valence-corrected chi connectivity index (χ1v) is 7.63. The van der Waals surface area contributed by atoms with Gasteiger partial charge in [-0.25, -0.2) is 0 Å². The highest BCUT2D eigenvalue weighted by atomic mass is 32.1. The van der Waals surface area contributed by atoms with Crippen LogP contribution in [0.3, 0.4) is 0 Å². The molecule has 3 unspecified atom stereocenters. The van der Waals surface area contributed by atoms with E-state index in [1.54, 1.807) is 11.3 Å². The number of hydrogen-bond donors (Lipinski definition) is 1. The molecule has 1 fully saturated rings. The molecule has 4 heteroatoms. The van der Waals surface area contributed by atoms with E-state index in [1.165, 1.54) is 10.4 Å². The summed E-state index contributed by atoms with van der Waals surface area (Å²) < 4.78 is 11.7. The molecule has 2 rings (SSSR count). The van der Waals surface area contributed by atoms with Gasteiger partial charge in [-0.2, -0.15) is 0 Å². The van der Waals surface area contributed by atoms with Gasteiger partial charge in [0, 0.05) is 17.5 Å². The molecule has 2 N–H and O–H groups in total. The number of hydrogen-bond acceptors (Lipinski definition) is 4. The Morgan fingerprint density at radius 1 is 1.61 bits per heavy atom. The lowest BCUT2D eigenvalue weighted by Gasteiger charge is -2.24. The van der Waals surface area contributed by atoms with Crippen LogP contribution in [0.15, 0.2) is 11.4 Å². The Morgan fingerprint density at radius 2 is 2.44 bits per heavy atom. The van der Waals surface area contributed by atoms with Crippen molar-refractivity contribution in [2.24, 2.45) is 5.73 Å². The first kappa shape index (κ1) is 14.0. The summed E-state index contributed by atoms with van der Waals surface area (Å²) in [5.74, 6) is 0. The predicted octanol–water partition coefficient (Wildman–Crippen LogP) is 3.03. The molecule has 1 aliphatic heterocycles. The fourth-order valence-electron chi connectivity index (χ4n) is 2.27. The molecule has 0 aromatic carbocycles. The van der Waals surface area contributed by atoms with Gasteiger partial charge in [0.05, 0.1) is 12.7 Å². The molecular formula is C14H23NO2S. The zero-order valence-electron chi connectivity index (χ0n) is 11.2. The molecule has 1 saturated heterocycles. The highest BCUT2D eigenvalue weighted by Gasteiger charge is 2.25. The van der Waals surface area contributed by atoms with E-state index >= 15 is 0 Å². The molecule has 0 amide bonds. The van der Waals surface area contributed by atoms with Crippen LogP contribution < -0.4 is 5.73 Å². The van der Waals surface area contributed by atoms with Crippen molar-refractivity contribution in [3.63, 3.8) is 0 Å². The Labute approximate surface area is 113 Å². The van der Waals surface area contributed by atoms with Crippen molar-refractivity contribution in [3.05, 3.63) is 21.9 Å². The lowest BCUT2D eigenvalue weighted by Crippen LogP contribution is -2.31. The van der Waals surface area contributed by atoms with Crippen LogP contribution in [0.1, 0.15) is 42.7 Å². The minimum Gasteiger partial charge on any atom is -0.376 e. The van der Waals surface area contributed by atoms with Crippen LogP contribution in [-0.4, -0.2) is 25.4 Å². The highest BCUT2D eigenvalue weighted by molar-refractivity contribution is 7.10. The van der Waals surface area contributed by atoms with E-state index in [0.717, 1.165) is 25.9 Å². The second kappa shape index (κ2) is 6.66. The molecule has 1 aliphatic rings. The standard InChI is InChI=1S/C14H23NO2S/c1-3-12(15)13(14-10(2)6-8-18-14)17-9-11-5-4-7-16-11/h6,8,11-13H,3-5,7,9,15H2,1-2H3. The third-order valence-electron chi connectivity index (χ3n) is 3.51. The minimum atomic E-state index is 0.0131. The van der Waals surface area contributed by atoms with Gasteiger partial charge in [-0.15, -0.1) is 11.3 Å². The van der Waals surface area contributed by atoms with E-state index in [9.17, 15) is 0 Å². The van der Waals surface area contributed by atoms with Gasteiger partial charge in [0.1, 0.15) is 6.10 Å². The summed E-state index contributed by atoms with van der Waals surface area (Å²) in [6.07, 6.45) is 3.46. The molecule has 3 atom stereocenters. The van der Waals surface area contributed by atoms with Gasteiger partial charge in [0.2, 0.25) is 0 Å². The van der Waals surface area contributed by atoms with Gasteiger partial charge in [-0.1, -0.05) is 6.92 Å². The summed E-state index contributed by atoms with van der Waals surface area (Å²) >= 11 is 1.74. The Kier molecular flexibility index (Phi) is 5.18. The average molecular weight is 269 g/mol. The predicted molar refractivity (Wildman–Crippen MR) is 75.0 cm³/mol. The largest absolute Gasteiger partial charge is 0.376 e. The van der Waals surface area contributed by atoms with Crippen LogP contribution in [0.25, 0.3) is 0 Å². The maximum absolute atomic E-state index is 6.20. The third kappa shape index (κ3) is 3.32. The van der Waals surface area contributed by atoms with Gasteiger partial charge in [-0.3, -0.25) is 0 Å². The number of rotatable bonds is 6. The summed E-state index contributed by atoms with van der Waals surface area (Å²) in [4.78, 5) is 1.27. The van der Waals surface area contributed by atoms with Crippen molar-refractivity contribution < 1.29 is 9.47 Å². The van der Waals surface area contributed by atoms with E-state index in [2.05, 4.69) is 25.3 Å². The van der Waals surface area contributed by atoms with Gasteiger partial charge in [0.25, 0.3) is 0 Å². The van der Waals surface area contributed by atoms with E-state index in [0.29, 0.717) is 6.61 Å². The Morgan fingerprint density at radius 3 is 3.00 bits per heavy atom. The Bertz CT molecular complexity index is 360. The van der Waals surface area contributed by atoms with Crippen molar-refractivity contribution in [2.45, 2.75) is 51.4 Å². The number of thiophene rings is 1. The second-order valence-electron chi connectivity index (χ2n) is 4.93. The van der Waals surface area contributed by atoms with Crippen LogP contribution >= 0.6 is 11.3 Å². The topological polar surface area (TPSA) is 44.5 Å². The van der Waals surface area contributed by atoms with E-state index in [4.69, 9.17) is 15.2 Å². The zero-order chi connectivity index (χ0) is 13.0. The molecule has 2 heterocycles. The monoisotopic (exact) mass is 269 g/mol. The van der Waals surface area contributed by atoms with Gasteiger partial charge < -0.3 is 15.2 Å². The van der Waals surface area contributed by atoms with Crippen molar-refractivity contribution in [3.8, 4) is 0 Å². The van der Waals surface area contributed by atoms with Crippen molar-refractivity contribution >= 4 is 11.3 Å². The van der Waals surface area contributed by atoms with E-state index in [-0.39, 0.29) is 18.2 Å². The molecule has 0 bridgehead atoms. The van der Waals surface area contributed by atoms with Crippen molar-refractivity contribution in [2.75, 3.05) is 13.2 Å². The van der Waals surface area contributed by atoms with Crippen LogP contribution in [0.2, 0.25) is 0 Å². The molecular weight excluding hydrogens is 246 g/mol. The van der Waals surface area contributed by atoms with Gasteiger partial charge in [0.15, 0.2) is 0 Å². The lowest BCUT2D eigenvalue weighted by molar-refractivity contribution is -0.0298. The van der Waals surface area contributed by atoms with Gasteiger partial charge in [-0.05, 0) is 43.2 Å². The maximum atomic E-state index is 6.20. The van der Waals surface area contributed by atoms with Crippen LogP contribution in [-0.2, 0) is 9.47 Å². The molecule has 0 radical (unpaired) electrons. The number of ether oxygens (including phenoxy) is 2. The normalized spacial score (nSPS) is 23.2. The molecule has 1 aromatic heterocycles.